The number of fused-ring (bicyclic) bond motifs is 7. The van der Waals surface area contributed by atoms with Crippen LogP contribution in [0.25, 0.3) is 86.3 Å². The number of rotatable bonds is 6. The van der Waals surface area contributed by atoms with Gasteiger partial charge in [-0.3, -0.25) is 0 Å². The Morgan fingerprint density at radius 3 is 1.96 bits per heavy atom. The minimum absolute atomic E-state index is 0.894. The van der Waals surface area contributed by atoms with Crippen LogP contribution in [-0.2, 0) is 0 Å². The summed E-state index contributed by atoms with van der Waals surface area (Å²) in [5.41, 5.74) is 12.1. The van der Waals surface area contributed by atoms with Crippen molar-refractivity contribution in [3.8, 4) is 33.4 Å². The SMILES string of the molecule is c1ccc(-c2ccc(-c3cccc4ccccc34)cc2N(c2cccc(-c3cccc4oc5ccccc5c34)c2)c2cccc3c2sc2ccccc23)cc1. The van der Waals surface area contributed by atoms with Gasteiger partial charge in [-0.2, -0.15) is 0 Å². The molecule has 11 aromatic rings. The highest BCUT2D eigenvalue weighted by Gasteiger charge is 2.23. The lowest BCUT2D eigenvalue weighted by Crippen LogP contribution is -2.12. The van der Waals surface area contributed by atoms with E-state index in [4.69, 9.17) is 4.42 Å². The second kappa shape index (κ2) is 12.9. The Kier molecular flexibility index (Phi) is 7.39. The van der Waals surface area contributed by atoms with Gasteiger partial charge < -0.3 is 9.32 Å². The van der Waals surface area contributed by atoms with Crippen LogP contribution in [0.4, 0.5) is 17.1 Å². The average molecular weight is 720 g/mol. The van der Waals surface area contributed by atoms with Crippen LogP contribution in [-0.4, -0.2) is 0 Å². The van der Waals surface area contributed by atoms with E-state index in [0.29, 0.717) is 0 Å². The van der Waals surface area contributed by atoms with Gasteiger partial charge in [0, 0.05) is 37.5 Å². The molecule has 2 heterocycles. The van der Waals surface area contributed by atoms with Gasteiger partial charge in [0.05, 0.1) is 16.1 Å². The smallest absolute Gasteiger partial charge is 0.136 e. The third-order valence-electron chi connectivity index (χ3n) is 10.9. The Balaban J connectivity index is 1.21. The number of hydrogen-bond acceptors (Lipinski definition) is 3. The molecule has 9 aromatic carbocycles. The molecule has 0 saturated heterocycles. The first-order valence-corrected chi connectivity index (χ1v) is 19.5. The van der Waals surface area contributed by atoms with E-state index in [1.807, 2.05) is 17.4 Å². The van der Waals surface area contributed by atoms with E-state index in [0.717, 1.165) is 55.7 Å². The van der Waals surface area contributed by atoms with Crippen molar-refractivity contribution in [2.24, 2.45) is 0 Å². The van der Waals surface area contributed by atoms with Crippen LogP contribution in [0.15, 0.2) is 205 Å². The molecule has 0 amide bonds. The number of anilines is 3. The number of nitrogens with zero attached hydrogens (tertiary/aromatic N) is 1. The molecule has 0 fully saturated rings. The van der Waals surface area contributed by atoms with Crippen molar-refractivity contribution in [1.29, 1.82) is 0 Å². The monoisotopic (exact) mass is 719 g/mol. The molecule has 0 spiro atoms. The van der Waals surface area contributed by atoms with E-state index >= 15 is 0 Å². The van der Waals surface area contributed by atoms with E-state index in [1.54, 1.807) is 0 Å². The normalized spacial score (nSPS) is 11.6. The Morgan fingerprint density at radius 2 is 1.04 bits per heavy atom. The molecule has 2 nitrogen and oxygen atoms in total. The molecule has 0 aliphatic rings. The van der Waals surface area contributed by atoms with Gasteiger partial charge >= 0.3 is 0 Å². The molecule has 258 valence electrons. The molecule has 55 heavy (non-hydrogen) atoms. The molecule has 0 bridgehead atoms. The Morgan fingerprint density at radius 1 is 0.382 bits per heavy atom. The fourth-order valence-corrected chi connectivity index (χ4v) is 9.57. The summed E-state index contributed by atoms with van der Waals surface area (Å²) in [4.78, 5) is 2.49. The Hall–Kier alpha value is -6.94. The molecule has 11 rings (SSSR count). The maximum atomic E-state index is 6.35. The van der Waals surface area contributed by atoms with Crippen LogP contribution in [0, 0.1) is 0 Å². The quantitative estimate of drug-likeness (QED) is 0.170. The summed E-state index contributed by atoms with van der Waals surface area (Å²) in [5, 5.41) is 7.28. The first-order valence-electron chi connectivity index (χ1n) is 18.7. The molecule has 0 unspecified atom stereocenters. The number of furan rings is 1. The minimum atomic E-state index is 0.894. The van der Waals surface area contributed by atoms with E-state index < -0.39 is 0 Å². The van der Waals surface area contributed by atoms with Crippen molar-refractivity contribution in [2.75, 3.05) is 4.90 Å². The van der Waals surface area contributed by atoms with Gasteiger partial charge in [0.25, 0.3) is 0 Å². The van der Waals surface area contributed by atoms with E-state index in [-0.39, 0.29) is 0 Å². The summed E-state index contributed by atoms with van der Waals surface area (Å²) in [7, 11) is 0. The zero-order chi connectivity index (χ0) is 36.3. The number of para-hydroxylation sites is 1. The molecular weight excluding hydrogens is 687 g/mol. The third-order valence-corrected chi connectivity index (χ3v) is 12.1. The maximum Gasteiger partial charge on any atom is 0.136 e. The summed E-state index contributed by atoms with van der Waals surface area (Å²) in [5.74, 6) is 0. The van der Waals surface area contributed by atoms with Gasteiger partial charge in [-0.05, 0) is 81.1 Å². The number of benzene rings is 9. The molecule has 0 radical (unpaired) electrons. The molecule has 0 aliphatic carbocycles. The first-order chi connectivity index (χ1) is 27.3. The predicted molar refractivity (Wildman–Crippen MR) is 235 cm³/mol. The number of hydrogen-bond donors (Lipinski definition) is 0. The van der Waals surface area contributed by atoms with E-state index in [9.17, 15) is 0 Å². The molecule has 0 saturated carbocycles. The second-order valence-electron chi connectivity index (χ2n) is 14.0. The summed E-state index contributed by atoms with van der Waals surface area (Å²) in [6.07, 6.45) is 0. The molecule has 0 N–H and O–H groups in total. The lowest BCUT2D eigenvalue weighted by molar-refractivity contribution is 0.669. The van der Waals surface area contributed by atoms with Crippen molar-refractivity contribution >= 4 is 81.3 Å². The molecule has 2 aromatic heterocycles. The van der Waals surface area contributed by atoms with Gasteiger partial charge in [0.2, 0.25) is 0 Å². The predicted octanol–water partition coefficient (Wildman–Crippen LogP) is 15.6. The largest absolute Gasteiger partial charge is 0.456 e. The fraction of sp³-hybridized carbons (Fsp3) is 0. The summed E-state index contributed by atoms with van der Waals surface area (Å²) in [6, 6.07) is 72.3. The number of thiophene rings is 1. The second-order valence-corrected chi connectivity index (χ2v) is 15.1. The highest BCUT2D eigenvalue weighted by atomic mass is 32.1. The zero-order valence-electron chi connectivity index (χ0n) is 29.8. The Bertz CT molecular complexity index is 3220. The molecule has 0 aliphatic heterocycles. The topological polar surface area (TPSA) is 16.4 Å². The standard InChI is InChI=1S/C52H33NOS/c1-2-14-35(15-3-1)41-31-30-37(40-23-11-17-34-16-4-5-20-39(34)40)33-47(41)53(46-26-12-25-44-43-21-7-9-29-50(43)55-52(44)46)38-19-10-18-36(32-38)42-24-13-28-49-51(42)45-22-6-8-27-48(45)54-49/h1-33H. The van der Waals surface area contributed by atoms with Crippen molar-refractivity contribution in [3.05, 3.63) is 200 Å². The van der Waals surface area contributed by atoms with Gasteiger partial charge in [-0.1, -0.05) is 158 Å². The molecule has 3 heteroatoms. The van der Waals surface area contributed by atoms with Crippen molar-refractivity contribution in [2.45, 2.75) is 0 Å². The van der Waals surface area contributed by atoms with Gasteiger partial charge in [0.1, 0.15) is 11.2 Å². The lowest BCUT2D eigenvalue weighted by atomic mass is 9.93. The van der Waals surface area contributed by atoms with Crippen LogP contribution in [0.1, 0.15) is 0 Å². The zero-order valence-corrected chi connectivity index (χ0v) is 30.6. The van der Waals surface area contributed by atoms with Crippen LogP contribution >= 0.6 is 11.3 Å². The van der Waals surface area contributed by atoms with E-state index in [1.165, 1.54) is 47.6 Å². The Labute approximate surface area is 322 Å². The molecule has 0 atom stereocenters. The van der Waals surface area contributed by atoms with Gasteiger partial charge in [-0.15, -0.1) is 11.3 Å². The van der Waals surface area contributed by atoms with E-state index in [2.05, 4.69) is 199 Å². The molecular formula is C52H33NOS. The maximum absolute atomic E-state index is 6.35. The fourth-order valence-electron chi connectivity index (χ4n) is 8.37. The van der Waals surface area contributed by atoms with Crippen molar-refractivity contribution in [3.63, 3.8) is 0 Å². The summed E-state index contributed by atoms with van der Waals surface area (Å²) in [6.45, 7) is 0. The van der Waals surface area contributed by atoms with Gasteiger partial charge in [0.15, 0.2) is 0 Å². The highest BCUT2D eigenvalue weighted by Crippen LogP contribution is 2.49. The van der Waals surface area contributed by atoms with Crippen LogP contribution in [0.3, 0.4) is 0 Å². The highest BCUT2D eigenvalue weighted by molar-refractivity contribution is 7.26. The van der Waals surface area contributed by atoms with Crippen LogP contribution in [0.2, 0.25) is 0 Å². The summed E-state index contributed by atoms with van der Waals surface area (Å²) < 4.78 is 8.89. The minimum Gasteiger partial charge on any atom is -0.456 e. The average Bonchev–Trinajstić information content (AvgIpc) is 3.83. The van der Waals surface area contributed by atoms with Gasteiger partial charge in [-0.25, -0.2) is 0 Å². The lowest BCUT2D eigenvalue weighted by Gasteiger charge is -2.29. The summed E-state index contributed by atoms with van der Waals surface area (Å²) >= 11 is 1.86. The van der Waals surface area contributed by atoms with Crippen molar-refractivity contribution < 1.29 is 4.42 Å². The first kappa shape index (κ1) is 31.6. The van der Waals surface area contributed by atoms with Crippen LogP contribution in [0.5, 0.6) is 0 Å². The van der Waals surface area contributed by atoms with Crippen molar-refractivity contribution in [1.82, 2.24) is 0 Å². The third kappa shape index (κ3) is 5.24. The van der Waals surface area contributed by atoms with Crippen LogP contribution < -0.4 is 4.90 Å².